The SMILES string of the molecule is C[CH-]C.[Au+]. The first-order valence-electron chi connectivity index (χ1n) is 1.15. The molecule has 0 radical (unpaired) electrons. The third-order valence-corrected chi connectivity index (χ3v) is 0. The van der Waals surface area contributed by atoms with Gasteiger partial charge in [0.05, 0.1) is 0 Å². The molecule has 0 nitrogen and oxygen atoms in total. The van der Waals surface area contributed by atoms with Crippen LogP contribution in [0.5, 0.6) is 0 Å². The average Bonchev–Trinajstić information content (AvgIpc) is 0.918. The molecule has 0 aliphatic carbocycles. The Balaban J connectivity index is 0. The molecule has 30 valence electrons. The summed E-state index contributed by atoms with van der Waals surface area (Å²) >= 11 is 0. The number of hydrogen-bond donors (Lipinski definition) is 0. The molecule has 0 amide bonds. The van der Waals surface area contributed by atoms with Gasteiger partial charge in [-0.15, -0.1) is 0 Å². The molecule has 0 aliphatic rings. The predicted molar refractivity (Wildman–Crippen MR) is 15.6 cm³/mol. The fourth-order valence-electron chi connectivity index (χ4n) is 0. The van der Waals surface area contributed by atoms with Crippen molar-refractivity contribution in [2.75, 3.05) is 0 Å². The average molecular weight is 240 g/mol. The fraction of sp³-hybridized carbons (Fsp3) is 0.667. The monoisotopic (exact) mass is 240 g/mol. The largest absolute Gasteiger partial charge is 1.00 e. The predicted octanol–water partition coefficient (Wildman–Crippen LogP) is 1.23. The molecular weight excluding hydrogens is 233 g/mol. The van der Waals surface area contributed by atoms with E-state index in [1.165, 1.54) is 0 Å². The zero-order valence-corrected chi connectivity index (χ0v) is 5.05. The molecule has 4 heavy (non-hydrogen) atoms. The van der Waals surface area contributed by atoms with E-state index in [0.717, 1.165) is 0 Å². The van der Waals surface area contributed by atoms with Crippen molar-refractivity contribution in [3.63, 3.8) is 0 Å². The van der Waals surface area contributed by atoms with Crippen LogP contribution >= 0.6 is 0 Å². The molecule has 0 saturated heterocycles. The molecule has 0 rings (SSSR count). The van der Waals surface area contributed by atoms with Crippen LogP contribution in [0, 0.1) is 6.42 Å². The van der Waals surface area contributed by atoms with E-state index in [9.17, 15) is 0 Å². The van der Waals surface area contributed by atoms with Crippen LogP contribution in [-0.2, 0) is 22.4 Å². The molecular formula is C3H7Au. The molecule has 0 unspecified atom stereocenters. The van der Waals surface area contributed by atoms with Crippen LogP contribution in [0.4, 0.5) is 0 Å². The summed E-state index contributed by atoms with van der Waals surface area (Å²) in [5.41, 5.74) is 0. The van der Waals surface area contributed by atoms with Gasteiger partial charge in [-0.1, -0.05) is 0 Å². The molecule has 0 spiro atoms. The van der Waals surface area contributed by atoms with Crippen molar-refractivity contribution in [1.82, 2.24) is 0 Å². The normalized spacial score (nSPS) is 4.50. The van der Waals surface area contributed by atoms with E-state index in [-0.39, 0.29) is 22.4 Å². The molecule has 0 N–H and O–H groups in total. The van der Waals surface area contributed by atoms with Gasteiger partial charge in [-0.2, -0.15) is 13.8 Å². The smallest absolute Gasteiger partial charge is 0.335 e. The minimum Gasteiger partial charge on any atom is -0.335 e. The summed E-state index contributed by atoms with van der Waals surface area (Å²) in [6, 6.07) is 0. The molecule has 0 aromatic carbocycles. The van der Waals surface area contributed by atoms with Crippen LogP contribution in [-0.4, -0.2) is 0 Å². The Bertz CT molecular complexity index is 3.25. The quantitative estimate of drug-likeness (QED) is 0.441. The fourth-order valence-corrected chi connectivity index (χ4v) is 0. The van der Waals surface area contributed by atoms with E-state index >= 15 is 0 Å². The van der Waals surface area contributed by atoms with Crippen molar-refractivity contribution in [2.24, 2.45) is 0 Å². The summed E-state index contributed by atoms with van der Waals surface area (Å²) in [5, 5.41) is 0. The maximum absolute atomic E-state index is 2.00. The Morgan fingerprint density at radius 1 is 1.25 bits per heavy atom. The van der Waals surface area contributed by atoms with Crippen LogP contribution in [0.15, 0.2) is 0 Å². The zero-order chi connectivity index (χ0) is 2.71. The standard InChI is InChI=1S/C3H7.Au/c1-3-2;/h3H,1-2H3;/q-1;+1. The Labute approximate surface area is 43.1 Å². The Morgan fingerprint density at radius 2 is 1.25 bits per heavy atom. The second-order valence-electron chi connectivity index (χ2n) is 0.577. The van der Waals surface area contributed by atoms with Gasteiger partial charge in [0.2, 0.25) is 0 Å². The van der Waals surface area contributed by atoms with Crippen molar-refractivity contribution < 1.29 is 22.4 Å². The minimum atomic E-state index is 0. The first kappa shape index (κ1) is 8.83. The summed E-state index contributed by atoms with van der Waals surface area (Å²) in [5.74, 6) is 0. The number of hydrogen-bond acceptors (Lipinski definition) is 0. The summed E-state index contributed by atoms with van der Waals surface area (Å²) in [7, 11) is 0. The molecule has 0 atom stereocenters. The van der Waals surface area contributed by atoms with Gasteiger partial charge in [-0.3, -0.25) is 0 Å². The van der Waals surface area contributed by atoms with Crippen LogP contribution in [0.2, 0.25) is 0 Å². The third kappa shape index (κ3) is 15.1. The van der Waals surface area contributed by atoms with E-state index in [2.05, 4.69) is 0 Å². The van der Waals surface area contributed by atoms with E-state index < -0.39 is 0 Å². The molecule has 0 saturated carbocycles. The molecule has 0 aromatic rings. The molecule has 0 aromatic heterocycles. The van der Waals surface area contributed by atoms with Gasteiger partial charge in [0.1, 0.15) is 0 Å². The van der Waals surface area contributed by atoms with Gasteiger partial charge in [0.25, 0.3) is 0 Å². The van der Waals surface area contributed by atoms with Gasteiger partial charge in [0.15, 0.2) is 0 Å². The molecule has 0 aliphatic heterocycles. The Kier molecular flexibility index (Phi) is 20.5. The summed E-state index contributed by atoms with van der Waals surface area (Å²) in [6.45, 7) is 4.00. The second kappa shape index (κ2) is 9.27. The second-order valence-corrected chi connectivity index (χ2v) is 0.577. The van der Waals surface area contributed by atoms with Crippen molar-refractivity contribution >= 4 is 0 Å². The molecule has 1 heteroatoms. The summed E-state index contributed by atoms with van der Waals surface area (Å²) < 4.78 is 0. The van der Waals surface area contributed by atoms with E-state index in [0.29, 0.717) is 0 Å². The molecule has 0 heterocycles. The van der Waals surface area contributed by atoms with Crippen LogP contribution < -0.4 is 0 Å². The van der Waals surface area contributed by atoms with Crippen molar-refractivity contribution in [2.45, 2.75) is 13.8 Å². The first-order chi connectivity index (χ1) is 1.41. The van der Waals surface area contributed by atoms with E-state index in [1.54, 1.807) is 0 Å². The molecule has 0 fully saturated rings. The number of rotatable bonds is 0. The van der Waals surface area contributed by atoms with Gasteiger partial charge < -0.3 is 6.42 Å². The zero-order valence-electron chi connectivity index (χ0n) is 2.88. The van der Waals surface area contributed by atoms with Gasteiger partial charge in [0, 0.05) is 0 Å². The van der Waals surface area contributed by atoms with Crippen molar-refractivity contribution in [1.29, 1.82) is 0 Å². The summed E-state index contributed by atoms with van der Waals surface area (Å²) in [4.78, 5) is 0. The van der Waals surface area contributed by atoms with E-state index in [1.807, 2.05) is 20.3 Å². The molecule has 0 bridgehead atoms. The maximum atomic E-state index is 2.00. The third-order valence-electron chi connectivity index (χ3n) is 0. The van der Waals surface area contributed by atoms with Crippen LogP contribution in [0.1, 0.15) is 13.8 Å². The van der Waals surface area contributed by atoms with Gasteiger partial charge >= 0.3 is 22.4 Å². The van der Waals surface area contributed by atoms with Crippen LogP contribution in [0.3, 0.4) is 0 Å². The van der Waals surface area contributed by atoms with E-state index in [4.69, 9.17) is 0 Å². The Morgan fingerprint density at radius 3 is 1.25 bits per heavy atom. The Hall–Kier alpha value is 0.740. The summed E-state index contributed by atoms with van der Waals surface area (Å²) in [6.07, 6.45) is 2.00. The minimum absolute atomic E-state index is 0. The first-order valence-corrected chi connectivity index (χ1v) is 1.15. The maximum Gasteiger partial charge on any atom is 1.00 e. The topological polar surface area (TPSA) is 0 Å². The van der Waals surface area contributed by atoms with Crippen LogP contribution in [0.25, 0.3) is 0 Å². The van der Waals surface area contributed by atoms with Crippen molar-refractivity contribution in [3.05, 3.63) is 6.42 Å². The van der Waals surface area contributed by atoms with Gasteiger partial charge in [-0.25, -0.2) is 0 Å². The van der Waals surface area contributed by atoms with Crippen molar-refractivity contribution in [3.8, 4) is 0 Å². The van der Waals surface area contributed by atoms with Gasteiger partial charge in [-0.05, 0) is 0 Å².